The Kier molecular flexibility index (Phi) is 8.27. The average molecular weight is 469 g/mol. The normalized spacial score (nSPS) is 11.0. The van der Waals surface area contributed by atoms with Gasteiger partial charge < -0.3 is 9.47 Å². The summed E-state index contributed by atoms with van der Waals surface area (Å²) in [6, 6.07) is 19.4. The van der Waals surface area contributed by atoms with Crippen molar-refractivity contribution in [2.75, 3.05) is 13.2 Å². The van der Waals surface area contributed by atoms with E-state index in [1.54, 1.807) is 6.21 Å². The van der Waals surface area contributed by atoms with Gasteiger partial charge in [0, 0.05) is 0 Å². The third-order valence-electron chi connectivity index (χ3n) is 4.49. The van der Waals surface area contributed by atoms with Crippen LogP contribution in [0.4, 0.5) is 0 Å². The molecule has 1 N–H and O–H groups in total. The minimum Gasteiger partial charge on any atom is -0.494 e. The molecule has 0 atom stereocenters. The molecule has 30 heavy (non-hydrogen) atoms. The number of rotatable bonds is 10. The van der Waals surface area contributed by atoms with Crippen molar-refractivity contribution in [2.45, 2.75) is 26.2 Å². The first-order chi connectivity index (χ1) is 14.7. The van der Waals surface area contributed by atoms with Crippen LogP contribution in [0.25, 0.3) is 10.8 Å². The van der Waals surface area contributed by atoms with Gasteiger partial charge in [0.2, 0.25) is 0 Å². The van der Waals surface area contributed by atoms with Crippen LogP contribution in [-0.2, 0) is 4.79 Å². The summed E-state index contributed by atoms with van der Waals surface area (Å²) in [5.41, 5.74) is 3.35. The molecule has 0 aromatic heterocycles. The van der Waals surface area contributed by atoms with E-state index in [9.17, 15) is 4.79 Å². The molecular formula is C24H25BrN2O3. The van der Waals surface area contributed by atoms with E-state index in [2.05, 4.69) is 33.4 Å². The maximum Gasteiger partial charge on any atom is 0.277 e. The number of carbonyl (C=O) groups excluding carboxylic acids is 1. The van der Waals surface area contributed by atoms with Gasteiger partial charge in [-0.25, -0.2) is 5.43 Å². The molecule has 6 heteroatoms. The third kappa shape index (κ3) is 6.32. The Morgan fingerprint density at radius 1 is 1.03 bits per heavy atom. The molecule has 3 aromatic rings. The van der Waals surface area contributed by atoms with Crippen LogP contribution in [0.15, 0.2) is 70.2 Å². The Hall–Kier alpha value is -2.86. The largest absolute Gasteiger partial charge is 0.494 e. The fraction of sp³-hybridized carbons (Fsp3) is 0.250. The Morgan fingerprint density at radius 3 is 2.63 bits per heavy atom. The molecule has 0 aliphatic carbocycles. The Bertz CT molecular complexity index is 1000. The van der Waals surface area contributed by atoms with Crippen molar-refractivity contribution in [1.82, 2.24) is 5.43 Å². The van der Waals surface area contributed by atoms with Crippen molar-refractivity contribution in [1.29, 1.82) is 0 Å². The second kappa shape index (κ2) is 11.4. The lowest BCUT2D eigenvalue weighted by atomic mass is 10.1. The van der Waals surface area contributed by atoms with Crippen LogP contribution in [-0.4, -0.2) is 25.3 Å². The number of benzene rings is 3. The lowest BCUT2D eigenvalue weighted by Gasteiger charge is -2.09. The summed E-state index contributed by atoms with van der Waals surface area (Å²) in [5, 5.41) is 6.12. The van der Waals surface area contributed by atoms with Gasteiger partial charge in [0.05, 0.1) is 17.3 Å². The molecular weight excluding hydrogens is 444 g/mol. The molecule has 0 unspecified atom stereocenters. The van der Waals surface area contributed by atoms with Gasteiger partial charge in [-0.2, -0.15) is 5.10 Å². The van der Waals surface area contributed by atoms with Crippen molar-refractivity contribution in [2.24, 2.45) is 5.10 Å². The molecule has 3 aromatic carbocycles. The number of amides is 1. The molecule has 0 spiro atoms. The average Bonchev–Trinajstić information content (AvgIpc) is 2.77. The van der Waals surface area contributed by atoms with Gasteiger partial charge in [0.15, 0.2) is 6.61 Å². The SMILES string of the molecule is CCCCCOc1ccc(/C=N\NC(=O)COc2ccc3ccccc3c2Br)cc1. The zero-order chi connectivity index (χ0) is 21.2. The summed E-state index contributed by atoms with van der Waals surface area (Å²) >= 11 is 3.55. The number of nitrogens with one attached hydrogen (secondary N) is 1. The molecule has 0 saturated carbocycles. The quantitative estimate of drug-likeness (QED) is 0.235. The number of fused-ring (bicyclic) bond motifs is 1. The molecule has 1 amide bonds. The summed E-state index contributed by atoms with van der Waals surface area (Å²) in [4.78, 5) is 12.0. The molecule has 0 radical (unpaired) electrons. The molecule has 0 aliphatic heterocycles. The first kappa shape index (κ1) is 21.8. The number of ether oxygens (including phenoxy) is 2. The molecule has 0 fully saturated rings. The lowest BCUT2D eigenvalue weighted by molar-refractivity contribution is -0.123. The fourth-order valence-corrected chi connectivity index (χ4v) is 3.48. The van der Waals surface area contributed by atoms with E-state index in [1.165, 1.54) is 12.8 Å². The third-order valence-corrected chi connectivity index (χ3v) is 5.30. The molecule has 156 valence electrons. The summed E-state index contributed by atoms with van der Waals surface area (Å²) in [5.74, 6) is 1.12. The highest BCUT2D eigenvalue weighted by Gasteiger charge is 2.08. The van der Waals surface area contributed by atoms with E-state index < -0.39 is 0 Å². The van der Waals surface area contributed by atoms with E-state index in [0.717, 1.165) is 39.6 Å². The first-order valence-corrected chi connectivity index (χ1v) is 10.8. The molecule has 5 nitrogen and oxygen atoms in total. The highest BCUT2D eigenvalue weighted by atomic mass is 79.9. The van der Waals surface area contributed by atoms with Crippen LogP contribution in [0.2, 0.25) is 0 Å². The monoisotopic (exact) mass is 468 g/mol. The van der Waals surface area contributed by atoms with Gasteiger partial charge in [-0.05, 0) is 69.0 Å². The predicted molar refractivity (Wildman–Crippen MR) is 124 cm³/mol. The zero-order valence-corrected chi connectivity index (χ0v) is 18.5. The second-order valence-electron chi connectivity index (χ2n) is 6.81. The molecule has 3 rings (SSSR count). The molecule has 0 aliphatic rings. The Labute approximate surface area is 185 Å². The number of hydrogen-bond acceptors (Lipinski definition) is 4. The standard InChI is InChI=1S/C24H25BrN2O3/c1-2-3-6-15-29-20-12-9-18(10-13-20)16-26-27-23(28)17-30-22-14-11-19-7-4-5-8-21(19)24(22)25/h4-5,7-14,16H,2-3,6,15,17H2,1H3,(H,27,28)/b26-16-. The van der Waals surface area contributed by atoms with Crippen molar-refractivity contribution in [3.8, 4) is 11.5 Å². The Morgan fingerprint density at radius 2 is 1.83 bits per heavy atom. The maximum absolute atomic E-state index is 12.0. The lowest BCUT2D eigenvalue weighted by Crippen LogP contribution is -2.24. The molecule has 0 bridgehead atoms. The molecule has 0 saturated heterocycles. The fourth-order valence-electron chi connectivity index (χ4n) is 2.87. The van der Waals surface area contributed by atoms with Crippen molar-refractivity contribution < 1.29 is 14.3 Å². The predicted octanol–water partition coefficient (Wildman–Crippen LogP) is 5.70. The van der Waals surface area contributed by atoms with Crippen LogP contribution in [0, 0.1) is 0 Å². The van der Waals surface area contributed by atoms with Gasteiger partial charge in [0.25, 0.3) is 5.91 Å². The van der Waals surface area contributed by atoms with Crippen LogP contribution in [0.5, 0.6) is 11.5 Å². The minimum absolute atomic E-state index is 0.126. The van der Waals surface area contributed by atoms with Crippen LogP contribution >= 0.6 is 15.9 Å². The summed E-state index contributed by atoms with van der Waals surface area (Å²) in [6.07, 6.45) is 5.00. The van der Waals surface area contributed by atoms with Crippen molar-refractivity contribution in [3.05, 3.63) is 70.7 Å². The number of unbranched alkanes of at least 4 members (excludes halogenated alkanes) is 2. The number of halogens is 1. The Balaban J connectivity index is 1.45. The van der Waals surface area contributed by atoms with E-state index in [4.69, 9.17) is 9.47 Å². The molecule has 0 heterocycles. The highest BCUT2D eigenvalue weighted by Crippen LogP contribution is 2.32. The zero-order valence-electron chi connectivity index (χ0n) is 16.9. The van der Waals surface area contributed by atoms with Crippen molar-refractivity contribution >= 4 is 38.8 Å². The number of nitrogens with zero attached hydrogens (tertiary/aromatic N) is 1. The number of carbonyl (C=O) groups is 1. The van der Waals surface area contributed by atoms with E-state index in [0.29, 0.717) is 5.75 Å². The van der Waals surface area contributed by atoms with Gasteiger partial charge >= 0.3 is 0 Å². The van der Waals surface area contributed by atoms with Crippen LogP contribution in [0.1, 0.15) is 31.7 Å². The topological polar surface area (TPSA) is 59.9 Å². The van der Waals surface area contributed by atoms with Gasteiger partial charge in [-0.3, -0.25) is 4.79 Å². The van der Waals surface area contributed by atoms with E-state index in [-0.39, 0.29) is 12.5 Å². The second-order valence-corrected chi connectivity index (χ2v) is 7.60. The summed E-state index contributed by atoms with van der Waals surface area (Å²) < 4.78 is 12.1. The van der Waals surface area contributed by atoms with Crippen LogP contribution < -0.4 is 14.9 Å². The summed E-state index contributed by atoms with van der Waals surface area (Å²) in [6.45, 7) is 2.77. The highest BCUT2D eigenvalue weighted by molar-refractivity contribution is 9.10. The maximum atomic E-state index is 12.0. The minimum atomic E-state index is -0.331. The van der Waals surface area contributed by atoms with Crippen molar-refractivity contribution in [3.63, 3.8) is 0 Å². The summed E-state index contributed by atoms with van der Waals surface area (Å²) in [7, 11) is 0. The van der Waals surface area contributed by atoms with E-state index >= 15 is 0 Å². The first-order valence-electron chi connectivity index (χ1n) is 10.0. The van der Waals surface area contributed by atoms with Gasteiger partial charge in [-0.15, -0.1) is 0 Å². The van der Waals surface area contributed by atoms with Gasteiger partial charge in [0.1, 0.15) is 11.5 Å². The number of hydrogen-bond donors (Lipinski definition) is 1. The van der Waals surface area contributed by atoms with Gasteiger partial charge in [-0.1, -0.05) is 50.1 Å². The number of hydrazone groups is 1. The smallest absolute Gasteiger partial charge is 0.277 e. The van der Waals surface area contributed by atoms with E-state index in [1.807, 2.05) is 60.7 Å². The van der Waals surface area contributed by atoms with Crippen LogP contribution in [0.3, 0.4) is 0 Å².